The molecule has 0 bridgehead atoms. The third-order valence-electron chi connectivity index (χ3n) is 1.57. The third kappa shape index (κ3) is 1.92. The Morgan fingerprint density at radius 1 is 1.31 bits per heavy atom. The van der Waals surface area contributed by atoms with E-state index in [1.807, 2.05) is 20.8 Å². The zero-order valence-electron chi connectivity index (χ0n) is 8.06. The molecule has 0 aliphatic carbocycles. The van der Waals surface area contributed by atoms with Crippen molar-refractivity contribution in [2.45, 2.75) is 26.3 Å². The van der Waals surface area contributed by atoms with Crippen LogP contribution in [0.5, 0.6) is 5.88 Å². The summed E-state index contributed by atoms with van der Waals surface area (Å²) >= 11 is 11.8. The summed E-state index contributed by atoms with van der Waals surface area (Å²) in [6.07, 6.45) is 0. The third-order valence-corrected chi connectivity index (χ3v) is 2.36. The minimum absolute atomic E-state index is 0.197. The highest BCUT2D eigenvalue weighted by molar-refractivity contribution is 6.42. The summed E-state index contributed by atoms with van der Waals surface area (Å²) in [4.78, 5) is 0. The highest BCUT2D eigenvalue weighted by Crippen LogP contribution is 2.34. The molecule has 13 heavy (non-hydrogen) atoms. The quantitative estimate of drug-likeness (QED) is 0.731. The van der Waals surface area contributed by atoms with E-state index in [4.69, 9.17) is 27.9 Å². The van der Waals surface area contributed by atoms with Gasteiger partial charge in [0.25, 0.3) is 5.88 Å². The van der Waals surface area contributed by atoms with Crippen molar-refractivity contribution < 1.29 is 4.74 Å². The van der Waals surface area contributed by atoms with E-state index in [1.54, 1.807) is 4.68 Å². The Labute approximate surface area is 87.6 Å². The van der Waals surface area contributed by atoms with E-state index in [0.717, 1.165) is 0 Å². The molecule has 0 atom stereocenters. The van der Waals surface area contributed by atoms with Crippen molar-refractivity contribution in [1.82, 2.24) is 9.78 Å². The van der Waals surface area contributed by atoms with Gasteiger partial charge in [0.1, 0.15) is 10.2 Å². The van der Waals surface area contributed by atoms with Crippen LogP contribution in [0.4, 0.5) is 0 Å². The lowest BCUT2D eigenvalue weighted by Crippen LogP contribution is -2.23. The monoisotopic (exact) mass is 222 g/mol. The molecule has 0 spiro atoms. The molecular formula is C8H12Cl2N2O. The molecule has 74 valence electrons. The Balaban J connectivity index is 3.25. The fraction of sp³-hybridized carbons (Fsp3) is 0.625. The van der Waals surface area contributed by atoms with Gasteiger partial charge >= 0.3 is 0 Å². The van der Waals surface area contributed by atoms with Crippen molar-refractivity contribution in [3.05, 3.63) is 10.2 Å². The minimum Gasteiger partial charge on any atom is -0.479 e. The van der Waals surface area contributed by atoms with Crippen LogP contribution in [0.15, 0.2) is 0 Å². The van der Waals surface area contributed by atoms with E-state index in [1.165, 1.54) is 7.11 Å². The van der Waals surface area contributed by atoms with Crippen molar-refractivity contribution in [3.8, 4) is 5.88 Å². The Kier molecular flexibility index (Phi) is 2.78. The van der Waals surface area contributed by atoms with Gasteiger partial charge in [-0.2, -0.15) is 0 Å². The lowest BCUT2D eigenvalue weighted by atomic mass is 10.1. The SMILES string of the molecule is COc1nn(C(C)(C)C)c(Cl)c1Cl. The van der Waals surface area contributed by atoms with Crippen LogP contribution in [0.25, 0.3) is 0 Å². The van der Waals surface area contributed by atoms with Crippen LogP contribution < -0.4 is 4.74 Å². The fourth-order valence-electron chi connectivity index (χ4n) is 0.935. The maximum Gasteiger partial charge on any atom is 0.253 e. The lowest BCUT2D eigenvalue weighted by Gasteiger charge is -2.19. The second kappa shape index (κ2) is 3.39. The van der Waals surface area contributed by atoms with Crippen molar-refractivity contribution in [2.24, 2.45) is 0 Å². The number of halogens is 2. The van der Waals surface area contributed by atoms with Crippen molar-refractivity contribution >= 4 is 23.2 Å². The van der Waals surface area contributed by atoms with Gasteiger partial charge in [-0.05, 0) is 20.8 Å². The Bertz CT molecular complexity index is 315. The van der Waals surface area contributed by atoms with Gasteiger partial charge in [0.05, 0.1) is 12.6 Å². The molecule has 0 saturated carbocycles. The first-order chi connectivity index (χ1) is 5.88. The van der Waals surface area contributed by atoms with Crippen LogP contribution in [0.2, 0.25) is 10.2 Å². The summed E-state index contributed by atoms with van der Waals surface area (Å²) in [5.41, 5.74) is -0.197. The maximum atomic E-state index is 5.97. The first-order valence-electron chi connectivity index (χ1n) is 3.86. The minimum atomic E-state index is -0.197. The normalized spacial score (nSPS) is 11.8. The number of nitrogens with zero attached hydrogens (tertiary/aromatic N) is 2. The van der Waals surface area contributed by atoms with E-state index in [0.29, 0.717) is 16.1 Å². The molecule has 0 aliphatic rings. The molecule has 0 unspecified atom stereocenters. The standard InChI is InChI=1S/C8H12Cl2N2O/c1-8(2,3)12-6(10)5(9)7(11-12)13-4/h1-4H3. The van der Waals surface area contributed by atoms with E-state index < -0.39 is 0 Å². The predicted octanol–water partition coefficient (Wildman–Crippen LogP) is 2.95. The van der Waals surface area contributed by atoms with Gasteiger partial charge in [0.15, 0.2) is 0 Å². The summed E-state index contributed by atoms with van der Waals surface area (Å²) < 4.78 is 6.59. The average Bonchev–Trinajstić information content (AvgIpc) is 2.28. The molecule has 1 rings (SSSR count). The van der Waals surface area contributed by atoms with Gasteiger partial charge in [-0.25, -0.2) is 4.68 Å². The fourth-order valence-corrected chi connectivity index (χ4v) is 1.50. The van der Waals surface area contributed by atoms with Crippen LogP contribution in [-0.2, 0) is 5.54 Å². The highest BCUT2D eigenvalue weighted by atomic mass is 35.5. The van der Waals surface area contributed by atoms with E-state index in [-0.39, 0.29) is 5.54 Å². The molecule has 5 heteroatoms. The number of hydrogen-bond donors (Lipinski definition) is 0. The average molecular weight is 223 g/mol. The van der Waals surface area contributed by atoms with Crippen molar-refractivity contribution in [1.29, 1.82) is 0 Å². The van der Waals surface area contributed by atoms with Gasteiger partial charge in [-0.15, -0.1) is 5.10 Å². The zero-order valence-corrected chi connectivity index (χ0v) is 9.57. The Morgan fingerprint density at radius 2 is 1.85 bits per heavy atom. The molecule has 0 aromatic carbocycles. The molecule has 0 amide bonds. The van der Waals surface area contributed by atoms with Gasteiger partial charge in [-0.3, -0.25) is 0 Å². The molecule has 0 aliphatic heterocycles. The summed E-state index contributed by atoms with van der Waals surface area (Å²) in [7, 11) is 1.51. The largest absolute Gasteiger partial charge is 0.479 e. The lowest BCUT2D eigenvalue weighted by molar-refractivity contribution is 0.330. The van der Waals surface area contributed by atoms with Crippen LogP contribution in [0.1, 0.15) is 20.8 Å². The molecule has 3 nitrogen and oxygen atoms in total. The van der Waals surface area contributed by atoms with Gasteiger partial charge in [-0.1, -0.05) is 23.2 Å². The van der Waals surface area contributed by atoms with Crippen LogP contribution >= 0.6 is 23.2 Å². The molecule has 0 radical (unpaired) electrons. The van der Waals surface area contributed by atoms with Crippen LogP contribution in [0.3, 0.4) is 0 Å². The molecule has 0 saturated heterocycles. The van der Waals surface area contributed by atoms with E-state index in [2.05, 4.69) is 5.10 Å². The summed E-state index contributed by atoms with van der Waals surface area (Å²) in [5, 5.41) is 4.90. The van der Waals surface area contributed by atoms with Crippen LogP contribution in [-0.4, -0.2) is 16.9 Å². The molecular weight excluding hydrogens is 211 g/mol. The number of aromatic nitrogens is 2. The summed E-state index contributed by atoms with van der Waals surface area (Å²) in [6.45, 7) is 5.96. The maximum absolute atomic E-state index is 5.97. The molecule has 1 aromatic rings. The summed E-state index contributed by atoms with van der Waals surface area (Å²) in [5.74, 6) is 0.363. The number of ether oxygens (including phenoxy) is 1. The number of hydrogen-bond acceptors (Lipinski definition) is 2. The second-order valence-electron chi connectivity index (χ2n) is 3.70. The highest BCUT2D eigenvalue weighted by Gasteiger charge is 2.23. The van der Waals surface area contributed by atoms with E-state index in [9.17, 15) is 0 Å². The van der Waals surface area contributed by atoms with Crippen molar-refractivity contribution in [2.75, 3.05) is 7.11 Å². The topological polar surface area (TPSA) is 27.1 Å². The predicted molar refractivity (Wildman–Crippen MR) is 53.8 cm³/mol. The van der Waals surface area contributed by atoms with Gasteiger partial charge < -0.3 is 4.74 Å². The number of methoxy groups -OCH3 is 1. The zero-order chi connectivity index (χ0) is 10.2. The first-order valence-corrected chi connectivity index (χ1v) is 4.62. The molecule has 1 heterocycles. The van der Waals surface area contributed by atoms with Crippen molar-refractivity contribution in [3.63, 3.8) is 0 Å². The Morgan fingerprint density at radius 3 is 2.08 bits per heavy atom. The van der Waals surface area contributed by atoms with Crippen LogP contribution in [0, 0.1) is 0 Å². The van der Waals surface area contributed by atoms with Gasteiger partial charge in [0, 0.05) is 0 Å². The second-order valence-corrected chi connectivity index (χ2v) is 4.43. The molecule has 0 N–H and O–H groups in total. The molecule has 0 fully saturated rings. The molecule has 1 aromatic heterocycles. The van der Waals surface area contributed by atoms with E-state index >= 15 is 0 Å². The number of rotatable bonds is 1. The Hall–Kier alpha value is -0.410. The summed E-state index contributed by atoms with van der Waals surface area (Å²) in [6, 6.07) is 0. The first kappa shape index (κ1) is 10.7. The van der Waals surface area contributed by atoms with Gasteiger partial charge in [0.2, 0.25) is 0 Å². The smallest absolute Gasteiger partial charge is 0.253 e.